The predicted octanol–water partition coefficient (Wildman–Crippen LogP) is 2.96. The summed E-state index contributed by atoms with van der Waals surface area (Å²) in [5.41, 5.74) is 1.80. The first-order valence-electron chi connectivity index (χ1n) is 6.89. The van der Waals surface area contributed by atoms with Crippen LogP contribution in [0.2, 0.25) is 5.15 Å². The number of carbonyl (C=O) groups is 1. The molecule has 23 heavy (non-hydrogen) atoms. The van der Waals surface area contributed by atoms with Gasteiger partial charge in [0.1, 0.15) is 10.9 Å². The van der Waals surface area contributed by atoms with Gasteiger partial charge in [-0.2, -0.15) is 13.9 Å². The number of alkyl halides is 2. The molecular weight excluding hydrogens is 328 g/mol. The first kappa shape index (κ1) is 17.2. The van der Waals surface area contributed by atoms with Gasteiger partial charge >= 0.3 is 6.61 Å². The fourth-order valence-electron chi connectivity index (χ4n) is 2.13. The van der Waals surface area contributed by atoms with Crippen molar-refractivity contribution in [1.82, 2.24) is 15.1 Å². The van der Waals surface area contributed by atoms with Crippen LogP contribution >= 0.6 is 11.6 Å². The fourth-order valence-corrected chi connectivity index (χ4v) is 2.39. The van der Waals surface area contributed by atoms with E-state index in [1.807, 2.05) is 0 Å². The van der Waals surface area contributed by atoms with Crippen molar-refractivity contribution in [2.75, 3.05) is 6.54 Å². The van der Waals surface area contributed by atoms with Crippen LogP contribution in [0.4, 0.5) is 8.78 Å². The number of amides is 1. The normalized spacial score (nSPS) is 10.9. The first-order chi connectivity index (χ1) is 10.9. The first-order valence-corrected chi connectivity index (χ1v) is 7.27. The number of ether oxygens (including phenoxy) is 1. The van der Waals surface area contributed by atoms with Crippen LogP contribution in [0.1, 0.15) is 21.6 Å². The van der Waals surface area contributed by atoms with E-state index in [1.165, 1.54) is 16.8 Å². The highest BCUT2D eigenvalue weighted by Gasteiger charge is 2.18. The third-order valence-corrected chi connectivity index (χ3v) is 3.66. The smallest absolute Gasteiger partial charge is 0.387 e. The maximum Gasteiger partial charge on any atom is 0.387 e. The molecule has 124 valence electrons. The summed E-state index contributed by atoms with van der Waals surface area (Å²) in [6.07, 6.45) is 0.553. The average Bonchev–Trinajstić information content (AvgIpc) is 2.73. The maximum absolute atomic E-state index is 12.1. The number of nitrogens with one attached hydrogen (secondary N) is 1. The van der Waals surface area contributed by atoms with Crippen LogP contribution in [0, 0.1) is 6.92 Å². The Morgan fingerprint density at radius 3 is 2.57 bits per heavy atom. The summed E-state index contributed by atoms with van der Waals surface area (Å²) in [4.78, 5) is 12.1. The molecule has 0 atom stereocenters. The zero-order valence-corrected chi connectivity index (χ0v) is 13.4. The Morgan fingerprint density at radius 1 is 1.39 bits per heavy atom. The number of hydrogen-bond acceptors (Lipinski definition) is 3. The molecule has 0 saturated carbocycles. The van der Waals surface area contributed by atoms with E-state index in [4.69, 9.17) is 11.6 Å². The monoisotopic (exact) mass is 343 g/mol. The molecule has 0 saturated heterocycles. The lowest BCUT2D eigenvalue weighted by Crippen LogP contribution is -2.26. The third kappa shape index (κ3) is 4.41. The number of rotatable bonds is 6. The number of aryl methyl sites for hydroxylation is 2. The number of hydrogen-bond donors (Lipinski definition) is 1. The Morgan fingerprint density at radius 2 is 2.04 bits per heavy atom. The molecule has 8 heteroatoms. The highest BCUT2D eigenvalue weighted by atomic mass is 35.5. The van der Waals surface area contributed by atoms with Gasteiger partial charge in [0.2, 0.25) is 0 Å². The van der Waals surface area contributed by atoms with Crippen LogP contribution in [0.5, 0.6) is 5.75 Å². The SMILES string of the molecule is Cc1nn(C)c(Cl)c1C(=O)NCCc1ccc(OC(F)F)cc1. The predicted molar refractivity (Wildman–Crippen MR) is 82.1 cm³/mol. The number of nitrogens with zero attached hydrogens (tertiary/aromatic N) is 2. The molecule has 0 aliphatic heterocycles. The molecule has 0 aliphatic rings. The van der Waals surface area contributed by atoms with Gasteiger partial charge in [-0.25, -0.2) is 0 Å². The van der Waals surface area contributed by atoms with E-state index in [0.29, 0.717) is 24.2 Å². The standard InChI is InChI=1S/C15H16ClF2N3O2/c1-9-12(13(16)21(2)20-9)14(22)19-8-7-10-3-5-11(6-4-10)23-15(17)18/h3-6,15H,7-8H2,1-2H3,(H,19,22). The molecule has 1 N–H and O–H groups in total. The zero-order valence-electron chi connectivity index (χ0n) is 12.6. The quantitative estimate of drug-likeness (QED) is 0.877. The van der Waals surface area contributed by atoms with Crippen LogP contribution in [0.25, 0.3) is 0 Å². The van der Waals surface area contributed by atoms with E-state index >= 15 is 0 Å². The molecule has 2 rings (SSSR count). The van der Waals surface area contributed by atoms with Crippen molar-refractivity contribution in [3.8, 4) is 5.75 Å². The van der Waals surface area contributed by atoms with Gasteiger partial charge in [-0.05, 0) is 31.0 Å². The largest absolute Gasteiger partial charge is 0.435 e. The van der Waals surface area contributed by atoms with Gasteiger partial charge < -0.3 is 10.1 Å². The third-order valence-electron chi connectivity index (χ3n) is 3.23. The van der Waals surface area contributed by atoms with Crippen molar-refractivity contribution in [3.63, 3.8) is 0 Å². The molecule has 1 amide bonds. The number of aromatic nitrogens is 2. The van der Waals surface area contributed by atoms with Crippen molar-refractivity contribution in [3.05, 3.63) is 46.2 Å². The molecule has 2 aromatic rings. The highest BCUT2D eigenvalue weighted by Crippen LogP contribution is 2.18. The van der Waals surface area contributed by atoms with Gasteiger partial charge in [-0.3, -0.25) is 9.48 Å². The Hall–Kier alpha value is -2.15. The average molecular weight is 344 g/mol. The molecule has 0 aliphatic carbocycles. The summed E-state index contributed by atoms with van der Waals surface area (Å²) in [5.74, 6) is -0.191. The molecule has 0 bridgehead atoms. The van der Waals surface area contributed by atoms with Crippen LogP contribution in [-0.2, 0) is 13.5 Å². The van der Waals surface area contributed by atoms with Crippen LogP contribution < -0.4 is 10.1 Å². The lowest BCUT2D eigenvalue weighted by atomic mass is 10.1. The van der Waals surface area contributed by atoms with Crippen molar-refractivity contribution in [2.45, 2.75) is 20.0 Å². The second kappa shape index (κ2) is 7.41. The molecule has 5 nitrogen and oxygen atoms in total. The second-order valence-electron chi connectivity index (χ2n) is 4.90. The van der Waals surface area contributed by atoms with Gasteiger partial charge in [0.05, 0.1) is 11.3 Å². The Kier molecular flexibility index (Phi) is 5.54. The van der Waals surface area contributed by atoms with E-state index in [9.17, 15) is 13.6 Å². The van der Waals surface area contributed by atoms with Crippen LogP contribution in [0.15, 0.2) is 24.3 Å². The zero-order chi connectivity index (χ0) is 17.0. The second-order valence-corrected chi connectivity index (χ2v) is 5.26. The van der Waals surface area contributed by atoms with E-state index in [0.717, 1.165) is 5.56 Å². The van der Waals surface area contributed by atoms with Crippen molar-refractivity contribution < 1.29 is 18.3 Å². The minimum absolute atomic E-state index is 0.102. The van der Waals surface area contributed by atoms with Gasteiger partial charge in [0, 0.05) is 13.6 Å². The van der Waals surface area contributed by atoms with Crippen molar-refractivity contribution in [2.24, 2.45) is 7.05 Å². The highest BCUT2D eigenvalue weighted by molar-refractivity contribution is 6.33. The number of carbonyl (C=O) groups excluding carboxylic acids is 1. The molecular formula is C15H16ClF2N3O2. The van der Waals surface area contributed by atoms with Gasteiger partial charge in [0.25, 0.3) is 5.91 Å². The molecule has 0 radical (unpaired) electrons. The molecule has 1 aromatic heterocycles. The lowest BCUT2D eigenvalue weighted by molar-refractivity contribution is -0.0498. The summed E-state index contributed by atoms with van der Waals surface area (Å²) in [7, 11) is 1.66. The van der Waals surface area contributed by atoms with E-state index in [1.54, 1.807) is 26.1 Å². The summed E-state index contributed by atoms with van der Waals surface area (Å²) in [5, 5.41) is 7.13. The number of benzene rings is 1. The lowest BCUT2D eigenvalue weighted by Gasteiger charge is -2.07. The van der Waals surface area contributed by atoms with Gasteiger partial charge in [-0.15, -0.1) is 0 Å². The minimum Gasteiger partial charge on any atom is -0.435 e. The fraction of sp³-hybridized carbons (Fsp3) is 0.333. The topological polar surface area (TPSA) is 56.2 Å². The van der Waals surface area contributed by atoms with Crippen LogP contribution in [0.3, 0.4) is 0 Å². The molecule has 0 spiro atoms. The van der Waals surface area contributed by atoms with Crippen molar-refractivity contribution >= 4 is 17.5 Å². The molecule has 0 fully saturated rings. The molecule has 1 aromatic carbocycles. The van der Waals surface area contributed by atoms with Gasteiger partial charge in [-0.1, -0.05) is 23.7 Å². The van der Waals surface area contributed by atoms with E-state index < -0.39 is 6.61 Å². The minimum atomic E-state index is -2.84. The Balaban J connectivity index is 1.88. The Bertz CT molecular complexity index is 687. The Labute approximate surface area is 137 Å². The van der Waals surface area contributed by atoms with E-state index in [2.05, 4.69) is 15.2 Å². The molecule has 1 heterocycles. The summed E-state index contributed by atoms with van der Waals surface area (Å²) >= 11 is 6.03. The van der Waals surface area contributed by atoms with E-state index in [-0.39, 0.29) is 16.8 Å². The molecule has 0 unspecified atom stereocenters. The van der Waals surface area contributed by atoms with Crippen LogP contribution in [-0.4, -0.2) is 28.8 Å². The number of halogens is 3. The summed E-state index contributed by atoms with van der Waals surface area (Å²) in [6, 6.07) is 6.27. The van der Waals surface area contributed by atoms with Crippen molar-refractivity contribution in [1.29, 1.82) is 0 Å². The maximum atomic E-state index is 12.1. The van der Waals surface area contributed by atoms with Gasteiger partial charge in [0.15, 0.2) is 0 Å². The summed E-state index contributed by atoms with van der Waals surface area (Å²) < 4.78 is 29.8. The summed E-state index contributed by atoms with van der Waals surface area (Å²) in [6.45, 7) is -0.742.